The molecule has 1 rings (SSSR count). The summed E-state index contributed by atoms with van der Waals surface area (Å²) in [7, 11) is -4.05. The van der Waals surface area contributed by atoms with Gasteiger partial charge in [0, 0.05) is 13.2 Å². The Morgan fingerprint density at radius 1 is 1.21 bits per heavy atom. The molecule has 4 N–H and O–H groups in total. The second-order valence-electron chi connectivity index (χ2n) is 3.96. The van der Waals surface area contributed by atoms with E-state index in [0.717, 1.165) is 12.1 Å². The van der Waals surface area contributed by atoms with E-state index in [0.29, 0.717) is 19.3 Å². The van der Waals surface area contributed by atoms with E-state index in [1.165, 1.54) is 0 Å². The van der Waals surface area contributed by atoms with Crippen molar-refractivity contribution >= 4 is 15.7 Å². The van der Waals surface area contributed by atoms with Crippen molar-refractivity contribution < 1.29 is 22.3 Å². The Kier molecular flexibility index (Phi) is 5.64. The van der Waals surface area contributed by atoms with E-state index in [1.807, 2.05) is 0 Å². The third-order valence-electron chi connectivity index (χ3n) is 2.51. The van der Waals surface area contributed by atoms with Gasteiger partial charge in [0.2, 0.25) is 10.0 Å². The van der Waals surface area contributed by atoms with Crippen molar-refractivity contribution in [1.29, 1.82) is 0 Å². The van der Waals surface area contributed by atoms with Crippen LogP contribution in [-0.4, -0.2) is 26.7 Å². The zero-order valence-electron chi connectivity index (χ0n) is 10.2. The molecule has 8 heteroatoms. The highest BCUT2D eigenvalue weighted by Gasteiger charge is 2.21. The van der Waals surface area contributed by atoms with Crippen LogP contribution in [0.4, 0.5) is 14.5 Å². The Morgan fingerprint density at radius 3 is 2.53 bits per heavy atom. The Hall–Kier alpha value is -1.25. The van der Waals surface area contributed by atoms with Crippen LogP contribution >= 0.6 is 0 Å². The summed E-state index contributed by atoms with van der Waals surface area (Å²) in [4.78, 5) is -0.673. The number of anilines is 1. The number of hydrogen-bond acceptors (Lipinski definition) is 4. The monoisotopic (exact) mass is 294 g/mol. The lowest BCUT2D eigenvalue weighted by atomic mass is 10.2. The quantitative estimate of drug-likeness (QED) is 0.516. The molecule has 0 radical (unpaired) electrons. The predicted molar refractivity (Wildman–Crippen MR) is 66.9 cm³/mol. The van der Waals surface area contributed by atoms with E-state index in [9.17, 15) is 17.2 Å². The number of rotatable bonds is 7. The highest BCUT2D eigenvalue weighted by Crippen LogP contribution is 2.22. The van der Waals surface area contributed by atoms with Gasteiger partial charge in [0.05, 0.1) is 0 Å². The van der Waals surface area contributed by atoms with Crippen molar-refractivity contribution in [3.8, 4) is 0 Å². The van der Waals surface area contributed by atoms with Gasteiger partial charge in [-0.05, 0) is 31.4 Å². The van der Waals surface area contributed by atoms with Crippen LogP contribution < -0.4 is 10.5 Å². The Labute approximate surface area is 110 Å². The topological polar surface area (TPSA) is 92.4 Å². The molecule has 0 fully saturated rings. The summed E-state index contributed by atoms with van der Waals surface area (Å²) in [5.74, 6) is -2.29. The lowest BCUT2D eigenvalue weighted by Crippen LogP contribution is -2.26. The standard InChI is InChI=1S/C11H16F2N2O3S/c12-8-4-5-9(10(13)11(8)14)19(17,18)15-6-2-1-3-7-16/h4-5,15-16H,1-3,6-7,14H2. The zero-order chi connectivity index (χ0) is 14.5. The maximum Gasteiger partial charge on any atom is 0.243 e. The maximum absolute atomic E-state index is 13.6. The minimum atomic E-state index is -4.05. The van der Waals surface area contributed by atoms with Gasteiger partial charge in [-0.2, -0.15) is 0 Å². The summed E-state index contributed by atoms with van der Waals surface area (Å²) < 4.78 is 52.2. The zero-order valence-corrected chi connectivity index (χ0v) is 11.0. The molecule has 0 unspecified atom stereocenters. The minimum absolute atomic E-state index is 0.0376. The van der Waals surface area contributed by atoms with Gasteiger partial charge in [-0.1, -0.05) is 0 Å². The SMILES string of the molecule is Nc1c(F)ccc(S(=O)(=O)NCCCCCO)c1F. The molecule has 1 aromatic rings. The molecule has 0 aliphatic rings. The molecular formula is C11H16F2N2O3S. The molecule has 0 saturated heterocycles. The molecular weight excluding hydrogens is 278 g/mol. The normalized spacial score (nSPS) is 11.7. The predicted octanol–water partition coefficient (Wildman–Crippen LogP) is 0.988. The van der Waals surface area contributed by atoms with Crippen LogP contribution in [0.5, 0.6) is 0 Å². The molecule has 108 valence electrons. The molecule has 0 spiro atoms. The molecule has 0 aliphatic heterocycles. The number of halogens is 2. The van der Waals surface area contributed by atoms with Crippen molar-refractivity contribution in [1.82, 2.24) is 4.72 Å². The summed E-state index contributed by atoms with van der Waals surface area (Å²) in [6.45, 7) is 0.148. The smallest absolute Gasteiger partial charge is 0.243 e. The van der Waals surface area contributed by atoms with Crippen molar-refractivity contribution in [2.24, 2.45) is 0 Å². The Balaban J connectivity index is 2.75. The third kappa shape index (κ3) is 4.12. The van der Waals surface area contributed by atoms with Crippen LogP contribution in [0.3, 0.4) is 0 Å². The minimum Gasteiger partial charge on any atom is -0.396 e. The fraction of sp³-hybridized carbons (Fsp3) is 0.455. The van der Waals surface area contributed by atoms with E-state index >= 15 is 0 Å². The summed E-state index contributed by atoms with van der Waals surface area (Å²) in [6.07, 6.45) is 1.73. The van der Waals surface area contributed by atoms with Crippen molar-refractivity contribution in [3.05, 3.63) is 23.8 Å². The van der Waals surface area contributed by atoms with Gasteiger partial charge in [-0.3, -0.25) is 0 Å². The second kappa shape index (κ2) is 6.78. The van der Waals surface area contributed by atoms with Crippen molar-refractivity contribution in [2.45, 2.75) is 24.2 Å². The molecule has 0 aromatic heterocycles. The van der Waals surface area contributed by atoms with Crippen molar-refractivity contribution in [3.63, 3.8) is 0 Å². The third-order valence-corrected chi connectivity index (χ3v) is 3.99. The van der Waals surface area contributed by atoms with Crippen LogP contribution in [-0.2, 0) is 10.0 Å². The number of sulfonamides is 1. The van der Waals surface area contributed by atoms with E-state index in [4.69, 9.17) is 10.8 Å². The number of nitrogens with two attached hydrogens (primary N) is 1. The average Bonchev–Trinajstić information content (AvgIpc) is 2.35. The summed E-state index contributed by atoms with van der Waals surface area (Å²) in [5, 5.41) is 8.56. The molecule has 1 aromatic carbocycles. The van der Waals surface area contributed by atoms with E-state index < -0.39 is 32.2 Å². The van der Waals surface area contributed by atoms with Gasteiger partial charge in [-0.25, -0.2) is 21.9 Å². The largest absolute Gasteiger partial charge is 0.396 e. The molecule has 0 saturated carbocycles. The van der Waals surface area contributed by atoms with Gasteiger partial charge in [0.25, 0.3) is 0 Å². The number of hydrogen-bond donors (Lipinski definition) is 3. The van der Waals surface area contributed by atoms with E-state index in [-0.39, 0.29) is 13.2 Å². The Morgan fingerprint density at radius 2 is 1.89 bits per heavy atom. The van der Waals surface area contributed by atoms with E-state index in [2.05, 4.69) is 4.72 Å². The summed E-state index contributed by atoms with van der Waals surface area (Å²) >= 11 is 0. The summed E-state index contributed by atoms with van der Waals surface area (Å²) in [5.41, 5.74) is 4.29. The molecule has 0 heterocycles. The first kappa shape index (κ1) is 15.8. The first-order chi connectivity index (χ1) is 8.90. The number of unbranched alkanes of at least 4 members (excludes halogenated alkanes) is 2. The van der Waals surface area contributed by atoms with Crippen LogP contribution in [0.2, 0.25) is 0 Å². The molecule has 19 heavy (non-hydrogen) atoms. The first-order valence-electron chi connectivity index (χ1n) is 5.74. The number of aliphatic hydroxyl groups is 1. The van der Waals surface area contributed by atoms with Crippen LogP contribution in [0.15, 0.2) is 17.0 Å². The number of nitrogen functional groups attached to an aromatic ring is 1. The molecule has 0 amide bonds. The lowest BCUT2D eigenvalue weighted by molar-refractivity contribution is 0.283. The van der Waals surface area contributed by atoms with Crippen LogP contribution in [0.1, 0.15) is 19.3 Å². The molecule has 5 nitrogen and oxygen atoms in total. The molecule has 0 aliphatic carbocycles. The van der Waals surface area contributed by atoms with Gasteiger partial charge in [-0.15, -0.1) is 0 Å². The van der Waals surface area contributed by atoms with E-state index in [1.54, 1.807) is 0 Å². The average molecular weight is 294 g/mol. The van der Waals surface area contributed by atoms with Crippen molar-refractivity contribution in [2.75, 3.05) is 18.9 Å². The maximum atomic E-state index is 13.6. The Bertz CT molecular complexity index is 535. The fourth-order valence-corrected chi connectivity index (χ4v) is 2.62. The molecule has 0 bridgehead atoms. The number of aliphatic hydroxyl groups excluding tert-OH is 1. The fourth-order valence-electron chi connectivity index (χ4n) is 1.45. The second-order valence-corrected chi connectivity index (χ2v) is 5.69. The van der Waals surface area contributed by atoms with Gasteiger partial charge in [0.15, 0.2) is 5.82 Å². The first-order valence-corrected chi connectivity index (χ1v) is 7.22. The highest BCUT2D eigenvalue weighted by molar-refractivity contribution is 7.89. The number of nitrogens with one attached hydrogen (secondary N) is 1. The van der Waals surface area contributed by atoms with Crippen LogP contribution in [0.25, 0.3) is 0 Å². The molecule has 0 atom stereocenters. The highest BCUT2D eigenvalue weighted by atomic mass is 32.2. The van der Waals surface area contributed by atoms with Crippen LogP contribution in [0, 0.1) is 11.6 Å². The summed E-state index contributed by atoms with van der Waals surface area (Å²) in [6, 6.07) is 1.63. The number of benzene rings is 1. The van der Waals surface area contributed by atoms with Gasteiger partial charge in [0.1, 0.15) is 16.4 Å². The van der Waals surface area contributed by atoms with Gasteiger partial charge < -0.3 is 10.8 Å². The lowest BCUT2D eigenvalue weighted by Gasteiger charge is -2.09. The van der Waals surface area contributed by atoms with Gasteiger partial charge >= 0.3 is 0 Å².